The summed E-state index contributed by atoms with van der Waals surface area (Å²) in [5.74, 6) is -2.13. The van der Waals surface area contributed by atoms with Gasteiger partial charge in [-0.15, -0.1) is 0 Å². The van der Waals surface area contributed by atoms with Gasteiger partial charge in [-0.05, 0) is 18.6 Å². The van der Waals surface area contributed by atoms with Crippen LogP contribution in [0.2, 0.25) is 0 Å². The molecule has 1 aromatic rings. The number of nitrogens with zero attached hydrogens (tertiary/aromatic N) is 2. The summed E-state index contributed by atoms with van der Waals surface area (Å²) in [6, 6.07) is 2.23. The molecule has 8 heteroatoms. The standard InChI is InChI=1S/C16H22N2O6/c1-24-8-3-14(21)17-4-2-5-18(7-6-17)16(23)11-9-12(19)15(22)13(20)10-11/h9-10,19-20,22H,2-8H2,1H3. The van der Waals surface area contributed by atoms with Crippen molar-refractivity contribution in [3.8, 4) is 17.2 Å². The molecule has 1 aliphatic rings. The number of aromatic hydroxyl groups is 3. The summed E-state index contributed by atoms with van der Waals surface area (Å²) in [6.45, 7) is 2.18. The van der Waals surface area contributed by atoms with Crippen LogP contribution in [0.15, 0.2) is 12.1 Å². The van der Waals surface area contributed by atoms with Crippen LogP contribution < -0.4 is 0 Å². The molecule has 0 bridgehead atoms. The second-order valence-corrected chi connectivity index (χ2v) is 5.63. The van der Waals surface area contributed by atoms with Crippen LogP contribution in [0, 0.1) is 0 Å². The maximum Gasteiger partial charge on any atom is 0.254 e. The van der Waals surface area contributed by atoms with E-state index in [0.29, 0.717) is 45.6 Å². The molecule has 0 unspecified atom stereocenters. The zero-order chi connectivity index (χ0) is 17.7. The van der Waals surface area contributed by atoms with E-state index >= 15 is 0 Å². The number of phenolic OH excluding ortho intramolecular Hbond substituents is 3. The number of phenols is 3. The second-order valence-electron chi connectivity index (χ2n) is 5.63. The van der Waals surface area contributed by atoms with Crippen molar-refractivity contribution in [2.75, 3.05) is 39.9 Å². The van der Waals surface area contributed by atoms with Gasteiger partial charge in [0.25, 0.3) is 5.91 Å². The predicted molar refractivity (Wildman–Crippen MR) is 85.0 cm³/mol. The van der Waals surface area contributed by atoms with Crippen molar-refractivity contribution in [2.24, 2.45) is 0 Å². The lowest BCUT2D eigenvalue weighted by Crippen LogP contribution is -2.37. The van der Waals surface area contributed by atoms with Crippen molar-refractivity contribution in [3.05, 3.63) is 17.7 Å². The molecule has 24 heavy (non-hydrogen) atoms. The molecule has 2 rings (SSSR count). The number of ether oxygens (including phenoxy) is 1. The molecule has 1 heterocycles. The molecule has 1 aliphatic heterocycles. The first-order valence-electron chi connectivity index (χ1n) is 7.75. The van der Waals surface area contributed by atoms with Gasteiger partial charge in [-0.2, -0.15) is 0 Å². The topological polar surface area (TPSA) is 111 Å². The van der Waals surface area contributed by atoms with Crippen LogP contribution in [-0.4, -0.2) is 76.8 Å². The first-order valence-corrected chi connectivity index (χ1v) is 7.75. The van der Waals surface area contributed by atoms with Gasteiger partial charge in [0.2, 0.25) is 5.91 Å². The highest BCUT2D eigenvalue weighted by Crippen LogP contribution is 2.35. The number of methoxy groups -OCH3 is 1. The molecule has 8 nitrogen and oxygen atoms in total. The Hall–Kier alpha value is -2.48. The van der Waals surface area contributed by atoms with Crippen molar-refractivity contribution in [1.29, 1.82) is 0 Å². The quantitative estimate of drug-likeness (QED) is 0.690. The fraction of sp³-hybridized carbons (Fsp3) is 0.500. The van der Waals surface area contributed by atoms with Crippen molar-refractivity contribution in [1.82, 2.24) is 9.80 Å². The summed E-state index contributed by atoms with van der Waals surface area (Å²) in [5.41, 5.74) is 0.0851. The number of benzene rings is 1. The van der Waals surface area contributed by atoms with Gasteiger partial charge in [-0.25, -0.2) is 0 Å². The molecule has 0 aliphatic carbocycles. The van der Waals surface area contributed by atoms with E-state index < -0.39 is 17.2 Å². The van der Waals surface area contributed by atoms with Crippen LogP contribution in [0.25, 0.3) is 0 Å². The van der Waals surface area contributed by atoms with Gasteiger partial charge in [0.05, 0.1) is 13.0 Å². The smallest absolute Gasteiger partial charge is 0.254 e. The van der Waals surface area contributed by atoms with E-state index in [1.165, 1.54) is 0 Å². The van der Waals surface area contributed by atoms with Crippen molar-refractivity contribution < 1.29 is 29.6 Å². The Labute approximate surface area is 139 Å². The number of rotatable bonds is 4. The van der Waals surface area contributed by atoms with Crippen LogP contribution in [0.3, 0.4) is 0 Å². The first kappa shape index (κ1) is 17.9. The Bertz CT molecular complexity index is 596. The molecule has 2 amide bonds. The van der Waals surface area contributed by atoms with E-state index in [9.17, 15) is 24.9 Å². The average Bonchev–Trinajstić information content (AvgIpc) is 2.82. The molecule has 3 N–H and O–H groups in total. The average molecular weight is 338 g/mol. The molecule has 132 valence electrons. The van der Waals surface area contributed by atoms with E-state index in [2.05, 4.69) is 0 Å². The molecule has 0 aromatic heterocycles. The first-order chi connectivity index (χ1) is 11.4. The van der Waals surface area contributed by atoms with Gasteiger partial charge in [-0.1, -0.05) is 0 Å². The summed E-state index contributed by atoms with van der Waals surface area (Å²) >= 11 is 0. The van der Waals surface area contributed by atoms with Crippen LogP contribution in [-0.2, 0) is 9.53 Å². The largest absolute Gasteiger partial charge is 0.504 e. The van der Waals surface area contributed by atoms with E-state index in [1.807, 2.05) is 0 Å². The summed E-state index contributed by atoms with van der Waals surface area (Å²) in [4.78, 5) is 27.8. The second kappa shape index (κ2) is 7.87. The minimum Gasteiger partial charge on any atom is -0.504 e. The van der Waals surface area contributed by atoms with Gasteiger partial charge in [-0.3, -0.25) is 9.59 Å². The van der Waals surface area contributed by atoms with E-state index in [0.717, 1.165) is 12.1 Å². The zero-order valence-electron chi connectivity index (χ0n) is 13.6. The molecule has 1 fully saturated rings. The van der Waals surface area contributed by atoms with Crippen LogP contribution >= 0.6 is 0 Å². The molecule has 0 spiro atoms. The fourth-order valence-corrected chi connectivity index (χ4v) is 2.63. The van der Waals surface area contributed by atoms with E-state index in [4.69, 9.17) is 4.74 Å². The molecule has 1 aromatic carbocycles. The van der Waals surface area contributed by atoms with E-state index in [1.54, 1.807) is 16.9 Å². The maximum absolute atomic E-state index is 12.5. The Morgan fingerprint density at radius 1 is 1.04 bits per heavy atom. The SMILES string of the molecule is COCCC(=O)N1CCCN(C(=O)c2cc(O)c(O)c(O)c2)CC1. The lowest BCUT2D eigenvalue weighted by Gasteiger charge is -2.22. The third-order valence-corrected chi connectivity index (χ3v) is 3.97. The Kier molecular flexibility index (Phi) is 5.86. The number of carbonyl (C=O) groups excluding carboxylic acids is 2. The van der Waals surface area contributed by atoms with E-state index in [-0.39, 0.29) is 17.4 Å². The van der Waals surface area contributed by atoms with Gasteiger partial charge in [0.15, 0.2) is 17.2 Å². The summed E-state index contributed by atoms with van der Waals surface area (Å²) < 4.78 is 4.90. The molecular formula is C16H22N2O6. The van der Waals surface area contributed by atoms with Crippen LogP contribution in [0.4, 0.5) is 0 Å². The monoisotopic (exact) mass is 338 g/mol. The lowest BCUT2D eigenvalue weighted by atomic mass is 10.1. The fourth-order valence-electron chi connectivity index (χ4n) is 2.63. The van der Waals surface area contributed by atoms with Crippen molar-refractivity contribution >= 4 is 11.8 Å². The van der Waals surface area contributed by atoms with Crippen molar-refractivity contribution in [2.45, 2.75) is 12.8 Å². The lowest BCUT2D eigenvalue weighted by molar-refractivity contribution is -0.132. The van der Waals surface area contributed by atoms with Crippen LogP contribution in [0.1, 0.15) is 23.2 Å². The number of hydrogen-bond acceptors (Lipinski definition) is 6. The van der Waals surface area contributed by atoms with Crippen LogP contribution in [0.5, 0.6) is 17.2 Å². The number of hydrogen-bond donors (Lipinski definition) is 3. The highest BCUT2D eigenvalue weighted by atomic mass is 16.5. The highest BCUT2D eigenvalue weighted by molar-refractivity contribution is 5.95. The van der Waals surface area contributed by atoms with Crippen molar-refractivity contribution in [3.63, 3.8) is 0 Å². The highest BCUT2D eigenvalue weighted by Gasteiger charge is 2.24. The van der Waals surface area contributed by atoms with Gasteiger partial charge >= 0.3 is 0 Å². The summed E-state index contributed by atoms with van der Waals surface area (Å²) in [6.07, 6.45) is 0.949. The Morgan fingerprint density at radius 2 is 1.62 bits per heavy atom. The molecule has 0 radical (unpaired) electrons. The summed E-state index contributed by atoms with van der Waals surface area (Å²) in [5, 5.41) is 28.4. The number of amides is 2. The van der Waals surface area contributed by atoms with Gasteiger partial charge < -0.3 is 29.9 Å². The Balaban J connectivity index is 2.03. The minimum atomic E-state index is -0.655. The Morgan fingerprint density at radius 3 is 2.25 bits per heavy atom. The number of carbonyl (C=O) groups is 2. The molecule has 0 saturated carbocycles. The maximum atomic E-state index is 12.5. The summed E-state index contributed by atoms with van der Waals surface area (Å²) in [7, 11) is 1.54. The predicted octanol–water partition coefficient (Wildman–Crippen LogP) is 0.514. The molecule has 1 saturated heterocycles. The normalized spacial score (nSPS) is 15.2. The minimum absolute atomic E-state index is 0.00827. The molecule has 0 atom stereocenters. The van der Waals surface area contributed by atoms with Gasteiger partial charge in [0.1, 0.15) is 0 Å². The third-order valence-electron chi connectivity index (χ3n) is 3.97. The zero-order valence-corrected chi connectivity index (χ0v) is 13.6. The molecular weight excluding hydrogens is 316 g/mol. The van der Waals surface area contributed by atoms with Gasteiger partial charge in [0, 0.05) is 38.9 Å². The third kappa shape index (κ3) is 4.08.